The molecule has 3 heteroatoms. The summed E-state index contributed by atoms with van der Waals surface area (Å²) in [5.41, 5.74) is 2.48. The second kappa shape index (κ2) is 7.51. The topological polar surface area (TPSA) is 15.3 Å². The van der Waals surface area contributed by atoms with E-state index in [4.69, 9.17) is 0 Å². The smallest absolute Gasteiger partial charge is 0.0578 e. The van der Waals surface area contributed by atoms with Gasteiger partial charge in [-0.05, 0) is 63.6 Å². The molecule has 0 aliphatic carbocycles. The van der Waals surface area contributed by atoms with Crippen LogP contribution >= 0.6 is 11.3 Å². The van der Waals surface area contributed by atoms with Crippen molar-refractivity contribution >= 4 is 22.7 Å². The predicted octanol–water partition coefficient (Wildman–Crippen LogP) is 5.33. The third kappa shape index (κ3) is 4.01. The Kier molecular flexibility index (Phi) is 5.68. The van der Waals surface area contributed by atoms with Crippen LogP contribution in [0, 0.1) is 0 Å². The molecule has 0 amide bonds. The van der Waals surface area contributed by atoms with Gasteiger partial charge in [0, 0.05) is 34.2 Å². The van der Waals surface area contributed by atoms with Gasteiger partial charge in [0.15, 0.2) is 0 Å². The molecule has 21 heavy (non-hydrogen) atoms. The zero-order valence-corrected chi connectivity index (χ0v) is 14.3. The van der Waals surface area contributed by atoms with Crippen molar-refractivity contribution < 1.29 is 0 Å². The molecule has 1 atom stereocenters. The van der Waals surface area contributed by atoms with Crippen LogP contribution in [0.25, 0.3) is 0 Å². The fourth-order valence-corrected chi connectivity index (χ4v) is 3.45. The molecule has 1 unspecified atom stereocenters. The molecule has 0 aliphatic heterocycles. The van der Waals surface area contributed by atoms with Gasteiger partial charge >= 0.3 is 0 Å². The molecule has 0 aliphatic rings. The average molecular weight is 302 g/mol. The second-order valence-corrected chi connectivity index (χ2v) is 6.44. The van der Waals surface area contributed by atoms with Crippen LogP contribution in [0.5, 0.6) is 0 Å². The molecule has 0 spiro atoms. The summed E-state index contributed by atoms with van der Waals surface area (Å²) >= 11 is 1.90. The molecule has 1 N–H and O–H groups in total. The first kappa shape index (κ1) is 15.9. The van der Waals surface area contributed by atoms with Gasteiger partial charge < -0.3 is 10.2 Å². The molecular formula is C18H26N2S. The Labute approximate surface area is 132 Å². The van der Waals surface area contributed by atoms with Crippen LogP contribution in [0.4, 0.5) is 11.4 Å². The van der Waals surface area contributed by atoms with Gasteiger partial charge in [-0.1, -0.05) is 6.92 Å². The first-order valence-electron chi connectivity index (χ1n) is 7.88. The summed E-state index contributed by atoms with van der Waals surface area (Å²) < 4.78 is 0. The van der Waals surface area contributed by atoms with E-state index in [1.165, 1.54) is 21.1 Å². The standard InChI is InChI=1S/C18H26N2S/c1-5-17-12-13-18(21-17)14(4)19-15-8-10-16(11-9-15)20(6-2)7-3/h8-14,19H,5-7H2,1-4H3. The van der Waals surface area contributed by atoms with Crippen molar-refractivity contribution in [1.82, 2.24) is 0 Å². The maximum atomic E-state index is 3.59. The summed E-state index contributed by atoms with van der Waals surface area (Å²) in [5, 5.41) is 3.59. The number of anilines is 2. The molecule has 0 fully saturated rings. The Morgan fingerprint density at radius 1 is 1.00 bits per heavy atom. The van der Waals surface area contributed by atoms with E-state index in [1.54, 1.807) is 0 Å². The van der Waals surface area contributed by atoms with E-state index in [0.717, 1.165) is 19.5 Å². The van der Waals surface area contributed by atoms with E-state index < -0.39 is 0 Å². The lowest BCUT2D eigenvalue weighted by Gasteiger charge is -2.21. The number of rotatable bonds is 7. The van der Waals surface area contributed by atoms with E-state index in [9.17, 15) is 0 Å². The van der Waals surface area contributed by atoms with E-state index in [0.29, 0.717) is 6.04 Å². The van der Waals surface area contributed by atoms with Gasteiger partial charge in [0.2, 0.25) is 0 Å². The summed E-state index contributed by atoms with van der Waals surface area (Å²) in [6, 6.07) is 13.6. The Hall–Kier alpha value is -1.48. The predicted molar refractivity (Wildman–Crippen MR) is 95.7 cm³/mol. The third-order valence-corrected chi connectivity index (χ3v) is 5.25. The Morgan fingerprint density at radius 2 is 1.67 bits per heavy atom. The molecule has 0 saturated carbocycles. The maximum Gasteiger partial charge on any atom is 0.0578 e. The molecule has 1 aromatic carbocycles. The molecular weight excluding hydrogens is 276 g/mol. The lowest BCUT2D eigenvalue weighted by molar-refractivity contribution is 0.865. The van der Waals surface area contributed by atoms with Gasteiger partial charge in [-0.3, -0.25) is 0 Å². The van der Waals surface area contributed by atoms with Crippen LogP contribution in [-0.4, -0.2) is 13.1 Å². The number of thiophene rings is 1. The van der Waals surface area contributed by atoms with E-state index in [1.807, 2.05) is 11.3 Å². The SMILES string of the molecule is CCc1ccc(C(C)Nc2ccc(N(CC)CC)cc2)s1. The minimum Gasteiger partial charge on any atom is -0.378 e. The van der Waals surface area contributed by atoms with Gasteiger partial charge in [0.25, 0.3) is 0 Å². The highest BCUT2D eigenvalue weighted by Gasteiger charge is 2.08. The third-order valence-electron chi connectivity index (χ3n) is 3.84. The number of nitrogens with zero attached hydrogens (tertiary/aromatic N) is 1. The molecule has 2 aromatic rings. The highest BCUT2D eigenvalue weighted by molar-refractivity contribution is 7.12. The summed E-state index contributed by atoms with van der Waals surface area (Å²) in [5.74, 6) is 0. The molecule has 1 aromatic heterocycles. The fourth-order valence-electron chi connectivity index (χ4n) is 2.50. The van der Waals surface area contributed by atoms with E-state index in [2.05, 4.69) is 74.3 Å². The highest BCUT2D eigenvalue weighted by atomic mass is 32.1. The van der Waals surface area contributed by atoms with E-state index in [-0.39, 0.29) is 0 Å². The van der Waals surface area contributed by atoms with Crippen LogP contribution in [0.2, 0.25) is 0 Å². The molecule has 0 bridgehead atoms. The number of hydrogen-bond donors (Lipinski definition) is 1. The Bertz CT molecular complexity index is 541. The first-order chi connectivity index (χ1) is 10.2. The van der Waals surface area contributed by atoms with Gasteiger partial charge in [0.1, 0.15) is 0 Å². The molecule has 1 heterocycles. The maximum absolute atomic E-state index is 3.59. The first-order valence-corrected chi connectivity index (χ1v) is 8.69. The zero-order valence-electron chi connectivity index (χ0n) is 13.5. The summed E-state index contributed by atoms with van der Waals surface area (Å²) in [6.07, 6.45) is 1.12. The average Bonchev–Trinajstić information content (AvgIpc) is 2.99. The summed E-state index contributed by atoms with van der Waals surface area (Å²) in [7, 11) is 0. The van der Waals surface area contributed by atoms with Crippen LogP contribution in [-0.2, 0) is 6.42 Å². The Balaban J connectivity index is 2.02. The lowest BCUT2D eigenvalue weighted by atomic mass is 10.2. The van der Waals surface area contributed by atoms with Gasteiger partial charge in [-0.2, -0.15) is 0 Å². The Morgan fingerprint density at radius 3 is 2.19 bits per heavy atom. The highest BCUT2D eigenvalue weighted by Crippen LogP contribution is 2.27. The molecule has 114 valence electrons. The van der Waals surface area contributed by atoms with Gasteiger partial charge in [-0.15, -0.1) is 11.3 Å². The minimum absolute atomic E-state index is 0.356. The van der Waals surface area contributed by atoms with Crippen molar-refractivity contribution in [2.24, 2.45) is 0 Å². The number of aryl methyl sites for hydroxylation is 1. The minimum atomic E-state index is 0.356. The van der Waals surface area contributed by atoms with Crippen LogP contribution < -0.4 is 10.2 Å². The van der Waals surface area contributed by atoms with Crippen molar-refractivity contribution in [3.8, 4) is 0 Å². The normalized spacial score (nSPS) is 12.2. The zero-order chi connectivity index (χ0) is 15.2. The van der Waals surface area contributed by atoms with Crippen molar-refractivity contribution in [1.29, 1.82) is 0 Å². The van der Waals surface area contributed by atoms with Crippen molar-refractivity contribution in [2.45, 2.75) is 40.2 Å². The van der Waals surface area contributed by atoms with Gasteiger partial charge in [0.05, 0.1) is 6.04 Å². The van der Waals surface area contributed by atoms with Crippen LogP contribution in [0.15, 0.2) is 36.4 Å². The molecule has 2 nitrogen and oxygen atoms in total. The number of benzene rings is 1. The van der Waals surface area contributed by atoms with Crippen LogP contribution in [0.3, 0.4) is 0 Å². The number of nitrogens with one attached hydrogen (secondary N) is 1. The molecule has 2 rings (SSSR count). The van der Waals surface area contributed by atoms with Crippen molar-refractivity contribution in [3.63, 3.8) is 0 Å². The monoisotopic (exact) mass is 302 g/mol. The summed E-state index contributed by atoms with van der Waals surface area (Å²) in [6.45, 7) is 10.9. The van der Waals surface area contributed by atoms with Crippen LogP contribution in [0.1, 0.15) is 43.5 Å². The quantitative estimate of drug-likeness (QED) is 0.743. The lowest BCUT2D eigenvalue weighted by Crippen LogP contribution is -2.21. The van der Waals surface area contributed by atoms with E-state index >= 15 is 0 Å². The fraction of sp³-hybridized carbons (Fsp3) is 0.444. The van der Waals surface area contributed by atoms with Crippen molar-refractivity contribution in [3.05, 3.63) is 46.2 Å². The molecule has 0 saturated heterocycles. The number of hydrogen-bond acceptors (Lipinski definition) is 3. The largest absolute Gasteiger partial charge is 0.378 e. The second-order valence-electron chi connectivity index (χ2n) is 5.24. The molecule has 0 radical (unpaired) electrons. The van der Waals surface area contributed by atoms with Gasteiger partial charge in [-0.25, -0.2) is 0 Å². The summed E-state index contributed by atoms with van der Waals surface area (Å²) in [4.78, 5) is 5.22. The van der Waals surface area contributed by atoms with Crippen molar-refractivity contribution in [2.75, 3.05) is 23.3 Å².